The van der Waals surface area contributed by atoms with E-state index >= 15 is 0 Å². The van der Waals surface area contributed by atoms with Gasteiger partial charge in [0.25, 0.3) is 0 Å². The number of nitrogens with zero attached hydrogens (tertiary/aromatic N) is 1. The summed E-state index contributed by atoms with van der Waals surface area (Å²) in [5.74, 6) is 0. The SMILES string of the molecule is Cc1cc(-c2cc3ccccc3cc2Nc2ccc(-c3ccccc3)cc2)c2c(c1)N(c1ccc(-c3ccccc3)cc1C)c1cc3c(cc1[B]2)-c1ccccc1C3(C)C. The number of rotatable bonds is 6. The largest absolute Gasteiger partial charge is 0.355 e. The Morgan fingerprint density at radius 1 is 0.450 bits per heavy atom. The summed E-state index contributed by atoms with van der Waals surface area (Å²) < 4.78 is 0. The summed E-state index contributed by atoms with van der Waals surface area (Å²) in [5, 5.41) is 6.30. The van der Waals surface area contributed by atoms with Crippen LogP contribution in [0.2, 0.25) is 0 Å². The van der Waals surface area contributed by atoms with Gasteiger partial charge in [0.05, 0.1) is 0 Å². The molecule has 1 radical (unpaired) electrons. The smallest absolute Gasteiger partial charge is 0.197 e. The molecule has 9 aromatic carbocycles. The molecule has 0 atom stereocenters. The lowest BCUT2D eigenvalue weighted by atomic mass is 9.57. The Balaban J connectivity index is 1.11. The lowest BCUT2D eigenvalue weighted by Crippen LogP contribution is -2.41. The van der Waals surface area contributed by atoms with E-state index in [-0.39, 0.29) is 5.41 Å². The third-order valence-corrected chi connectivity index (χ3v) is 12.8. The van der Waals surface area contributed by atoms with Gasteiger partial charge >= 0.3 is 0 Å². The van der Waals surface area contributed by atoms with Crippen LogP contribution in [0, 0.1) is 13.8 Å². The molecule has 1 N–H and O–H groups in total. The zero-order valence-electron chi connectivity index (χ0n) is 34.4. The lowest BCUT2D eigenvalue weighted by molar-refractivity contribution is 0.660. The number of fused-ring (bicyclic) bond motifs is 6. The van der Waals surface area contributed by atoms with E-state index in [1.54, 1.807) is 0 Å². The molecule has 0 unspecified atom stereocenters. The van der Waals surface area contributed by atoms with Gasteiger partial charge in [0.15, 0.2) is 7.28 Å². The minimum atomic E-state index is -0.123. The minimum absolute atomic E-state index is 0.123. The summed E-state index contributed by atoms with van der Waals surface area (Å²) >= 11 is 0. The van der Waals surface area contributed by atoms with E-state index in [0.29, 0.717) is 0 Å². The van der Waals surface area contributed by atoms with Crippen molar-refractivity contribution in [3.05, 3.63) is 210 Å². The molecule has 1 aliphatic heterocycles. The lowest BCUT2D eigenvalue weighted by Gasteiger charge is -2.37. The summed E-state index contributed by atoms with van der Waals surface area (Å²) in [7, 11) is 2.45. The minimum Gasteiger partial charge on any atom is -0.355 e. The summed E-state index contributed by atoms with van der Waals surface area (Å²) in [6, 6.07) is 69.1. The number of anilines is 5. The van der Waals surface area contributed by atoms with Crippen molar-refractivity contribution in [3.63, 3.8) is 0 Å². The maximum atomic E-state index is 3.89. The Kier molecular flexibility index (Phi) is 8.42. The highest BCUT2D eigenvalue weighted by Gasteiger charge is 2.38. The summed E-state index contributed by atoms with van der Waals surface area (Å²) in [6.07, 6.45) is 0. The van der Waals surface area contributed by atoms with Crippen LogP contribution < -0.4 is 21.1 Å². The molecule has 2 nitrogen and oxygen atoms in total. The van der Waals surface area contributed by atoms with Crippen molar-refractivity contribution in [3.8, 4) is 44.5 Å². The van der Waals surface area contributed by atoms with Crippen molar-refractivity contribution < 1.29 is 0 Å². The molecule has 3 heteroatoms. The molecule has 1 aliphatic carbocycles. The molecule has 0 fully saturated rings. The molecule has 9 aromatic rings. The predicted molar refractivity (Wildman–Crippen MR) is 257 cm³/mol. The average molecular weight is 768 g/mol. The average Bonchev–Trinajstić information content (AvgIpc) is 3.50. The Labute approximate surface area is 354 Å². The van der Waals surface area contributed by atoms with Crippen LogP contribution in [-0.2, 0) is 5.41 Å². The van der Waals surface area contributed by atoms with Gasteiger partial charge in [0.1, 0.15) is 0 Å². The molecule has 0 saturated carbocycles. The van der Waals surface area contributed by atoms with Crippen LogP contribution in [0.5, 0.6) is 0 Å². The van der Waals surface area contributed by atoms with Crippen LogP contribution in [0.4, 0.5) is 28.4 Å². The van der Waals surface area contributed by atoms with E-state index in [1.165, 1.54) is 106 Å². The van der Waals surface area contributed by atoms with Crippen LogP contribution >= 0.6 is 0 Å². The first-order chi connectivity index (χ1) is 29.3. The molecule has 0 saturated heterocycles. The van der Waals surface area contributed by atoms with Gasteiger partial charge in [-0.25, -0.2) is 0 Å². The quantitative estimate of drug-likeness (QED) is 0.170. The molecule has 0 amide bonds. The third kappa shape index (κ3) is 5.96. The fourth-order valence-corrected chi connectivity index (χ4v) is 9.76. The number of hydrogen-bond donors (Lipinski definition) is 1. The highest BCUT2D eigenvalue weighted by molar-refractivity contribution is 6.73. The van der Waals surface area contributed by atoms with Gasteiger partial charge in [0.2, 0.25) is 0 Å². The topological polar surface area (TPSA) is 15.3 Å². The van der Waals surface area contributed by atoms with Gasteiger partial charge in [-0.2, -0.15) is 0 Å². The molecule has 11 rings (SSSR count). The van der Waals surface area contributed by atoms with Crippen molar-refractivity contribution in [1.29, 1.82) is 0 Å². The molecular weight excluding hydrogens is 723 g/mol. The van der Waals surface area contributed by atoms with Crippen molar-refractivity contribution in [2.24, 2.45) is 0 Å². The van der Waals surface area contributed by atoms with Crippen LogP contribution in [0.15, 0.2) is 188 Å². The highest BCUT2D eigenvalue weighted by Crippen LogP contribution is 2.51. The normalized spacial score (nSPS) is 13.2. The Morgan fingerprint density at radius 3 is 1.82 bits per heavy atom. The Morgan fingerprint density at radius 2 is 1.08 bits per heavy atom. The van der Waals surface area contributed by atoms with E-state index < -0.39 is 0 Å². The van der Waals surface area contributed by atoms with Gasteiger partial charge in [-0.3, -0.25) is 0 Å². The first-order valence-electron chi connectivity index (χ1n) is 21.0. The second kappa shape index (κ2) is 14.0. The Hall–Kier alpha value is -7.10. The predicted octanol–water partition coefficient (Wildman–Crippen LogP) is 13.9. The van der Waals surface area contributed by atoms with E-state index in [9.17, 15) is 0 Å². The first kappa shape index (κ1) is 36.0. The van der Waals surface area contributed by atoms with E-state index in [0.717, 1.165) is 11.4 Å². The molecule has 0 bridgehead atoms. The Bertz CT molecular complexity index is 3130. The second-order valence-electron chi connectivity index (χ2n) is 17.0. The number of hydrogen-bond acceptors (Lipinski definition) is 2. The van der Waals surface area contributed by atoms with Crippen molar-refractivity contribution in [1.82, 2.24) is 0 Å². The van der Waals surface area contributed by atoms with Gasteiger partial charge in [-0.15, -0.1) is 0 Å². The van der Waals surface area contributed by atoms with Gasteiger partial charge in [0, 0.05) is 39.4 Å². The summed E-state index contributed by atoms with van der Waals surface area (Å²) in [6.45, 7) is 9.25. The van der Waals surface area contributed by atoms with E-state index in [2.05, 4.69) is 233 Å². The van der Waals surface area contributed by atoms with Gasteiger partial charge in [-0.05, 0) is 140 Å². The number of nitrogens with one attached hydrogen (secondary N) is 1. The molecular formula is C57H44BN2. The maximum absolute atomic E-state index is 3.89. The van der Waals surface area contributed by atoms with Crippen molar-refractivity contribution in [2.75, 3.05) is 10.2 Å². The fourth-order valence-electron chi connectivity index (χ4n) is 9.76. The van der Waals surface area contributed by atoms with E-state index in [4.69, 9.17) is 0 Å². The number of benzene rings is 9. The van der Waals surface area contributed by atoms with E-state index in [1.807, 2.05) is 0 Å². The second-order valence-corrected chi connectivity index (χ2v) is 17.0. The fraction of sp³-hybridized carbons (Fsp3) is 0.0877. The van der Waals surface area contributed by atoms with Crippen molar-refractivity contribution >= 4 is 57.4 Å². The first-order valence-corrected chi connectivity index (χ1v) is 21.0. The molecule has 0 aromatic heterocycles. The molecule has 1 heterocycles. The highest BCUT2D eigenvalue weighted by atomic mass is 15.2. The van der Waals surface area contributed by atoms with Gasteiger partial charge in [-0.1, -0.05) is 159 Å². The molecule has 0 spiro atoms. The van der Waals surface area contributed by atoms with Crippen LogP contribution in [-0.4, -0.2) is 7.28 Å². The standard InChI is InChI=1S/C57H44BN2/c1-36-29-48(47-32-41-19-11-12-20-42(41)33-52(47)59-44-26-23-40(24-27-44)38-15-7-5-8-16-38)56-55(30-36)60(53-28-25-43(31-37(53)2)39-17-9-6-10-18-39)54-35-50-46(34-51(54)58-56)45-21-13-14-22-49(45)57(50,3)4/h5-35,59H,1-4H3. The van der Waals surface area contributed by atoms with Crippen LogP contribution in [0.25, 0.3) is 55.3 Å². The monoisotopic (exact) mass is 767 g/mol. The summed E-state index contributed by atoms with van der Waals surface area (Å²) in [5.41, 5.74) is 23.1. The molecule has 2 aliphatic rings. The molecule has 285 valence electrons. The van der Waals surface area contributed by atoms with Gasteiger partial charge < -0.3 is 10.2 Å². The molecule has 60 heavy (non-hydrogen) atoms. The van der Waals surface area contributed by atoms with Crippen LogP contribution in [0.1, 0.15) is 36.1 Å². The zero-order chi connectivity index (χ0) is 40.5. The summed E-state index contributed by atoms with van der Waals surface area (Å²) in [4.78, 5) is 2.54. The van der Waals surface area contributed by atoms with Crippen LogP contribution in [0.3, 0.4) is 0 Å². The third-order valence-electron chi connectivity index (χ3n) is 12.8. The maximum Gasteiger partial charge on any atom is 0.197 e. The van der Waals surface area contributed by atoms with Crippen molar-refractivity contribution in [2.45, 2.75) is 33.1 Å². The number of aryl methyl sites for hydroxylation is 2. The zero-order valence-corrected chi connectivity index (χ0v) is 34.4.